The van der Waals surface area contributed by atoms with Gasteiger partial charge in [-0.3, -0.25) is 4.79 Å². The summed E-state index contributed by atoms with van der Waals surface area (Å²) in [7, 11) is 0. The highest BCUT2D eigenvalue weighted by Gasteiger charge is 2.30. The van der Waals surface area contributed by atoms with Gasteiger partial charge in [0, 0.05) is 18.7 Å². The van der Waals surface area contributed by atoms with Crippen molar-refractivity contribution in [3.8, 4) is 0 Å². The first-order valence-corrected chi connectivity index (χ1v) is 5.93. The first-order chi connectivity index (χ1) is 8.20. The summed E-state index contributed by atoms with van der Waals surface area (Å²) in [6.45, 7) is 3.48. The van der Waals surface area contributed by atoms with Crippen LogP contribution < -0.4 is 5.73 Å². The molecule has 0 spiro atoms. The number of rotatable bonds is 3. The van der Waals surface area contributed by atoms with E-state index in [4.69, 9.17) is 10.2 Å². The molecule has 2 rings (SSSR count). The summed E-state index contributed by atoms with van der Waals surface area (Å²) >= 11 is 0. The van der Waals surface area contributed by atoms with E-state index in [2.05, 4.69) is 6.92 Å². The molecule has 0 aromatic carbocycles. The fraction of sp³-hybridized carbons (Fsp3) is 0.462. The van der Waals surface area contributed by atoms with Gasteiger partial charge in [0.2, 0.25) is 5.91 Å². The standard InChI is InChI=1S/C13H18N2O2/c1-10-7-11(8-14)9-15(10)13(16)5-4-12-3-2-6-17-12/h2-6,10-11H,7-9,14H2,1H3/b5-4+. The van der Waals surface area contributed by atoms with Gasteiger partial charge in [0.25, 0.3) is 0 Å². The first kappa shape index (κ1) is 11.9. The summed E-state index contributed by atoms with van der Waals surface area (Å²) in [5.41, 5.74) is 5.64. The summed E-state index contributed by atoms with van der Waals surface area (Å²) < 4.78 is 5.14. The molecule has 4 nitrogen and oxygen atoms in total. The van der Waals surface area contributed by atoms with Gasteiger partial charge in [0.05, 0.1) is 6.26 Å². The second-order valence-corrected chi connectivity index (χ2v) is 4.53. The Kier molecular flexibility index (Phi) is 3.64. The fourth-order valence-electron chi connectivity index (χ4n) is 2.26. The van der Waals surface area contributed by atoms with Gasteiger partial charge < -0.3 is 15.1 Å². The lowest BCUT2D eigenvalue weighted by atomic mass is 10.1. The van der Waals surface area contributed by atoms with Crippen LogP contribution in [0.2, 0.25) is 0 Å². The zero-order valence-corrected chi connectivity index (χ0v) is 10.0. The van der Waals surface area contributed by atoms with Crippen LogP contribution in [0.25, 0.3) is 6.08 Å². The SMILES string of the molecule is CC1CC(CN)CN1C(=O)/C=C/c1ccco1. The van der Waals surface area contributed by atoms with Crippen LogP contribution in [0.4, 0.5) is 0 Å². The van der Waals surface area contributed by atoms with Gasteiger partial charge in [-0.2, -0.15) is 0 Å². The average molecular weight is 234 g/mol. The predicted octanol–water partition coefficient (Wildman–Crippen LogP) is 1.49. The quantitative estimate of drug-likeness (QED) is 0.806. The Morgan fingerprint density at radius 3 is 3.12 bits per heavy atom. The lowest BCUT2D eigenvalue weighted by molar-refractivity contribution is -0.126. The van der Waals surface area contributed by atoms with Crippen LogP contribution in [0.5, 0.6) is 0 Å². The van der Waals surface area contributed by atoms with E-state index in [0.717, 1.165) is 13.0 Å². The summed E-state index contributed by atoms with van der Waals surface area (Å²) in [6.07, 6.45) is 5.85. The number of carbonyl (C=O) groups excluding carboxylic acids is 1. The Morgan fingerprint density at radius 2 is 2.53 bits per heavy atom. The lowest BCUT2D eigenvalue weighted by Crippen LogP contribution is -2.33. The molecule has 92 valence electrons. The van der Waals surface area contributed by atoms with E-state index in [1.54, 1.807) is 24.5 Å². The van der Waals surface area contributed by atoms with Gasteiger partial charge in [-0.1, -0.05) is 0 Å². The van der Waals surface area contributed by atoms with Gasteiger partial charge in [0.15, 0.2) is 0 Å². The van der Waals surface area contributed by atoms with Gasteiger partial charge >= 0.3 is 0 Å². The van der Waals surface area contributed by atoms with Crippen molar-refractivity contribution in [2.75, 3.05) is 13.1 Å². The number of amides is 1. The van der Waals surface area contributed by atoms with Crippen molar-refractivity contribution < 1.29 is 9.21 Å². The molecule has 4 heteroatoms. The topological polar surface area (TPSA) is 59.5 Å². The van der Waals surface area contributed by atoms with E-state index in [1.807, 2.05) is 11.0 Å². The minimum absolute atomic E-state index is 0.0323. The van der Waals surface area contributed by atoms with Crippen LogP contribution in [-0.2, 0) is 4.79 Å². The zero-order valence-electron chi connectivity index (χ0n) is 10.0. The molecule has 0 aliphatic carbocycles. The van der Waals surface area contributed by atoms with E-state index >= 15 is 0 Å². The molecule has 2 atom stereocenters. The summed E-state index contributed by atoms with van der Waals surface area (Å²) in [5.74, 6) is 1.16. The van der Waals surface area contributed by atoms with Crippen molar-refractivity contribution in [3.05, 3.63) is 30.2 Å². The highest BCUT2D eigenvalue weighted by atomic mass is 16.3. The molecule has 2 heterocycles. The summed E-state index contributed by atoms with van der Waals surface area (Å²) in [4.78, 5) is 13.8. The maximum atomic E-state index is 12.0. The lowest BCUT2D eigenvalue weighted by Gasteiger charge is -2.19. The highest BCUT2D eigenvalue weighted by molar-refractivity contribution is 5.91. The molecule has 1 aliphatic heterocycles. The molecule has 1 aromatic heterocycles. The number of nitrogens with zero attached hydrogens (tertiary/aromatic N) is 1. The first-order valence-electron chi connectivity index (χ1n) is 5.93. The molecule has 17 heavy (non-hydrogen) atoms. The summed E-state index contributed by atoms with van der Waals surface area (Å²) in [5, 5.41) is 0. The van der Waals surface area contributed by atoms with Crippen molar-refractivity contribution in [3.63, 3.8) is 0 Å². The largest absolute Gasteiger partial charge is 0.465 e. The number of furan rings is 1. The van der Waals surface area contributed by atoms with Crippen LogP contribution in [-0.4, -0.2) is 29.9 Å². The molecule has 1 aromatic rings. The Balaban J connectivity index is 1.96. The fourth-order valence-corrected chi connectivity index (χ4v) is 2.26. The monoisotopic (exact) mass is 234 g/mol. The van der Waals surface area contributed by atoms with Crippen LogP contribution >= 0.6 is 0 Å². The molecule has 2 N–H and O–H groups in total. The van der Waals surface area contributed by atoms with Gasteiger partial charge in [-0.15, -0.1) is 0 Å². The number of hydrogen-bond acceptors (Lipinski definition) is 3. The minimum atomic E-state index is 0.0323. The molecule has 1 amide bonds. The third-order valence-electron chi connectivity index (χ3n) is 3.21. The molecule has 0 bridgehead atoms. The molecule has 2 unspecified atom stereocenters. The van der Waals surface area contributed by atoms with Crippen molar-refractivity contribution in [1.82, 2.24) is 4.90 Å². The van der Waals surface area contributed by atoms with Crippen LogP contribution in [0.15, 0.2) is 28.9 Å². The third kappa shape index (κ3) is 2.77. The minimum Gasteiger partial charge on any atom is -0.465 e. The summed E-state index contributed by atoms with van der Waals surface area (Å²) in [6, 6.07) is 3.89. The van der Waals surface area contributed by atoms with E-state index < -0.39 is 0 Å². The number of hydrogen-bond donors (Lipinski definition) is 1. The number of likely N-dealkylation sites (tertiary alicyclic amines) is 1. The molecular formula is C13H18N2O2. The number of carbonyl (C=O) groups is 1. The molecule has 1 saturated heterocycles. The molecule has 0 radical (unpaired) electrons. The Morgan fingerprint density at radius 1 is 1.71 bits per heavy atom. The van der Waals surface area contributed by atoms with E-state index in [1.165, 1.54) is 0 Å². The predicted molar refractivity (Wildman–Crippen MR) is 66.1 cm³/mol. The maximum absolute atomic E-state index is 12.0. The Hall–Kier alpha value is -1.55. The smallest absolute Gasteiger partial charge is 0.246 e. The maximum Gasteiger partial charge on any atom is 0.246 e. The van der Waals surface area contributed by atoms with E-state index in [9.17, 15) is 4.79 Å². The Labute approximate surface area is 101 Å². The van der Waals surface area contributed by atoms with Gasteiger partial charge in [-0.05, 0) is 44.0 Å². The van der Waals surface area contributed by atoms with Crippen LogP contribution in [0, 0.1) is 5.92 Å². The Bertz CT molecular complexity index is 398. The normalized spacial score (nSPS) is 24.7. The number of nitrogens with two attached hydrogens (primary N) is 1. The van der Waals surface area contributed by atoms with Crippen molar-refractivity contribution in [1.29, 1.82) is 0 Å². The molecule has 0 saturated carbocycles. The average Bonchev–Trinajstić information content (AvgIpc) is 2.94. The van der Waals surface area contributed by atoms with Gasteiger partial charge in [0.1, 0.15) is 5.76 Å². The molecule has 1 aliphatic rings. The van der Waals surface area contributed by atoms with Gasteiger partial charge in [-0.25, -0.2) is 0 Å². The van der Waals surface area contributed by atoms with Crippen LogP contribution in [0.3, 0.4) is 0 Å². The van der Waals surface area contributed by atoms with Crippen molar-refractivity contribution >= 4 is 12.0 Å². The van der Waals surface area contributed by atoms with Crippen LogP contribution in [0.1, 0.15) is 19.1 Å². The third-order valence-corrected chi connectivity index (χ3v) is 3.21. The van der Waals surface area contributed by atoms with E-state index in [-0.39, 0.29) is 11.9 Å². The zero-order chi connectivity index (χ0) is 12.3. The van der Waals surface area contributed by atoms with Crippen molar-refractivity contribution in [2.45, 2.75) is 19.4 Å². The van der Waals surface area contributed by atoms with E-state index in [0.29, 0.717) is 18.2 Å². The molecule has 1 fully saturated rings. The molecular weight excluding hydrogens is 216 g/mol. The van der Waals surface area contributed by atoms with Crippen molar-refractivity contribution in [2.24, 2.45) is 11.7 Å². The highest BCUT2D eigenvalue weighted by Crippen LogP contribution is 2.22. The second kappa shape index (κ2) is 5.19. The second-order valence-electron chi connectivity index (χ2n) is 4.53.